The van der Waals surface area contributed by atoms with Gasteiger partial charge in [-0.25, -0.2) is 8.42 Å². The molecule has 0 bridgehead atoms. The minimum Gasteiger partial charge on any atom is -0.508 e. The Balaban J connectivity index is 2.51. The molecule has 2 rings (SSSR count). The van der Waals surface area contributed by atoms with Crippen molar-refractivity contribution in [2.45, 2.75) is 49.5 Å². The van der Waals surface area contributed by atoms with Gasteiger partial charge in [-0.15, -0.1) is 0 Å². The van der Waals surface area contributed by atoms with Crippen molar-refractivity contribution in [2.75, 3.05) is 0 Å². The highest BCUT2D eigenvalue weighted by Gasteiger charge is 2.20. The highest BCUT2D eigenvalue weighted by atomic mass is 32.2. The molecular formula is C18H22O4S. The topological polar surface area (TPSA) is 63.6 Å². The second kappa shape index (κ2) is 6.62. The Labute approximate surface area is 137 Å². The molecule has 0 unspecified atom stereocenters. The molecule has 4 nitrogen and oxygen atoms in total. The van der Waals surface area contributed by atoms with E-state index in [4.69, 9.17) is 4.74 Å². The highest BCUT2D eigenvalue weighted by molar-refractivity contribution is 7.91. The van der Waals surface area contributed by atoms with Crippen LogP contribution >= 0.6 is 0 Å². The van der Waals surface area contributed by atoms with E-state index in [2.05, 4.69) is 0 Å². The fourth-order valence-electron chi connectivity index (χ4n) is 2.27. The molecule has 23 heavy (non-hydrogen) atoms. The van der Waals surface area contributed by atoms with Crippen LogP contribution in [0.4, 0.5) is 0 Å². The quantitative estimate of drug-likeness (QED) is 0.893. The summed E-state index contributed by atoms with van der Waals surface area (Å²) in [5, 5.41) is 9.32. The van der Waals surface area contributed by atoms with Gasteiger partial charge in [0.05, 0.1) is 15.9 Å². The number of phenolic OH excluding ortho intramolecular Hbond substituents is 1. The van der Waals surface area contributed by atoms with Crippen LogP contribution in [0.15, 0.2) is 52.3 Å². The minimum atomic E-state index is -3.62. The van der Waals surface area contributed by atoms with E-state index in [1.54, 1.807) is 18.2 Å². The zero-order valence-electron chi connectivity index (χ0n) is 13.8. The Morgan fingerprint density at radius 1 is 0.913 bits per heavy atom. The highest BCUT2D eigenvalue weighted by Crippen LogP contribution is 2.32. The summed E-state index contributed by atoms with van der Waals surface area (Å²) in [5.41, 5.74) is 0.860. The smallest absolute Gasteiger partial charge is 0.206 e. The van der Waals surface area contributed by atoms with Gasteiger partial charge in [0.15, 0.2) is 0 Å². The van der Waals surface area contributed by atoms with Crippen LogP contribution in [0.25, 0.3) is 0 Å². The molecule has 0 radical (unpaired) electrons. The van der Waals surface area contributed by atoms with E-state index in [0.29, 0.717) is 5.75 Å². The summed E-state index contributed by atoms with van der Waals surface area (Å²) in [6.07, 6.45) is 0.0204. The molecule has 5 heteroatoms. The summed E-state index contributed by atoms with van der Waals surface area (Å²) in [7, 11) is -3.62. The summed E-state index contributed by atoms with van der Waals surface area (Å²) in [6.45, 7) is 7.87. The van der Waals surface area contributed by atoms with Crippen molar-refractivity contribution in [1.29, 1.82) is 0 Å². The predicted octanol–water partition coefficient (Wildman–Crippen LogP) is 4.14. The van der Waals surface area contributed by atoms with Gasteiger partial charge in [0.2, 0.25) is 9.84 Å². The molecule has 0 atom stereocenters. The van der Waals surface area contributed by atoms with E-state index in [1.165, 1.54) is 24.3 Å². The molecule has 2 aromatic carbocycles. The van der Waals surface area contributed by atoms with Gasteiger partial charge in [0.1, 0.15) is 11.5 Å². The lowest BCUT2D eigenvalue weighted by Gasteiger charge is -2.18. The zero-order valence-corrected chi connectivity index (χ0v) is 14.6. The molecule has 1 N–H and O–H groups in total. The first-order valence-corrected chi connectivity index (χ1v) is 9.05. The van der Waals surface area contributed by atoms with Crippen LogP contribution in [0.2, 0.25) is 0 Å². The lowest BCUT2D eigenvalue weighted by molar-refractivity contribution is 0.239. The molecule has 0 saturated heterocycles. The van der Waals surface area contributed by atoms with Gasteiger partial charge in [0, 0.05) is 0 Å². The molecule has 0 saturated carbocycles. The summed E-state index contributed by atoms with van der Waals surface area (Å²) >= 11 is 0. The van der Waals surface area contributed by atoms with Crippen LogP contribution in [0.3, 0.4) is 0 Å². The van der Waals surface area contributed by atoms with Gasteiger partial charge < -0.3 is 9.84 Å². The van der Waals surface area contributed by atoms with Crippen LogP contribution in [0.5, 0.6) is 11.5 Å². The molecule has 2 aromatic rings. The normalized spacial score (nSPS) is 11.9. The number of ether oxygens (including phenoxy) is 1. The van der Waals surface area contributed by atoms with E-state index in [0.717, 1.165) is 5.56 Å². The van der Waals surface area contributed by atoms with Gasteiger partial charge in [-0.3, -0.25) is 0 Å². The van der Waals surface area contributed by atoms with E-state index < -0.39 is 9.84 Å². The molecule has 0 aromatic heterocycles. The Morgan fingerprint density at radius 3 is 2.00 bits per heavy atom. The molecule has 0 aliphatic rings. The second-order valence-electron chi connectivity index (χ2n) is 6.02. The molecule has 124 valence electrons. The average molecular weight is 334 g/mol. The predicted molar refractivity (Wildman–Crippen MR) is 89.9 cm³/mol. The number of hydrogen-bond donors (Lipinski definition) is 1. The Bertz CT molecular complexity index is 775. The molecule has 0 spiro atoms. The Kier molecular flexibility index (Phi) is 5.00. The van der Waals surface area contributed by atoms with E-state index in [-0.39, 0.29) is 27.6 Å². The van der Waals surface area contributed by atoms with Crippen LogP contribution in [-0.2, 0) is 9.84 Å². The molecule has 0 fully saturated rings. The fraction of sp³-hybridized carbons (Fsp3) is 0.333. The first-order valence-electron chi connectivity index (χ1n) is 7.56. The summed E-state index contributed by atoms with van der Waals surface area (Å²) < 4.78 is 31.2. The van der Waals surface area contributed by atoms with Gasteiger partial charge in [0.25, 0.3) is 0 Å². The SMILES string of the molecule is CC(C)Oc1ccc(S(=O)(=O)c2ccc(O)cc2)cc1C(C)C. The number of rotatable bonds is 5. The van der Waals surface area contributed by atoms with Crippen molar-refractivity contribution in [3.63, 3.8) is 0 Å². The number of aromatic hydroxyl groups is 1. The minimum absolute atomic E-state index is 0.0204. The fourth-order valence-corrected chi connectivity index (χ4v) is 3.56. The maximum atomic E-state index is 12.7. The van der Waals surface area contributed by atoms with Crippen molar-refractivity contribution in [3.05, 3.63) is 48.0 Å². The molecular weight excluding hydrogens is 312 g/mol. The number of benzene rings is 2. The molecule has 0 aliphatic carbocycles. The third-order valence-electron chi connectivity index (χ3n) is 3.42. The van der Waals surface area contributed by atoms with E-state index >= 15 is 0 Å². The van der Waals surface area contributed by atoms with Crippen LogP contribution in [0, 0.1) is 0 Å². The largest absolute Gasteiger partial charge is 0.508 e. The maximum absolute atomic E-state index is 12.7. The average Bonchev–Trinajstić information content (AvgIpc) is 2.47. The second-order valence-corrected chi connectivity index (χ2v) is 7.97. The summed E-state index contributed by atoms with van der Waals surface area (Å²) in [5.74, 6) is 0.880. The van der Waals surface area contributed by atoms with E-state index in [9.17, 15) is 13.5 Å². The lowest BCUT2D eigenvalue weighted by atomic mass is 10.0. The number of hydrogen-bond acceptors (Lipinski definition) is 4. The lowest BCUT2D eigenvalue weighted by Crippen LogP contribution is -2.09. The van der Waals surface area contributed by atoms with Gasteiger partial charge in [-0.2, -0.15) is 0 Å². The van der Waals surface area contributed by atoms with Crippen LogP contribution in [0.1, 0.15) is 39.2 Å². The van der Waals surface area contributed by atoms with Crippen molar-refractivity contribution in [2.24, 2.45) is 0 Å². The summed E-state index contributed by atoms with van der Waals surface area (Å²) in [6, 6.07) is 10.5. The number of sulfone groups is 1. The van der Waals surface area contributed by atoms with Crippen LogP contribution in [-0.4, -0.2) is 19.6 Å². The summed E-state index contributed by atoms with van der Waals surface area (Å²) in [4.78, 5) is 0.380. The maximum Gasteiger partial charge on any atom is 0.206 e. The third kappa shape index (κ3) is 3.85. The third-order valence-corrected chi connectivity index (χ3v) is 5.19. The first kappa shape index (κ1) is 17.3. The van der Waals surface area contributed by atoms with Crippen molar-refractivity contribution >= 4 is 9.84 Å². The monoisotopic (exact) mass is 334 g/mol. The van der Waals surface area contributed by atoms with Crippen molar-refractivity contribution in [3.8, 4) is 11.5 Å². The standard InChI is InChI=1S/C18H22O4S/c1-12(2)17-11-16(9-10-18(17)22-13(3)4)23(20,21)15-7-5-14(19)6-8-15/h5-13,19H,1-4H3. The van der Waals surface area contributed by atoms with Gasteiger partial charge in [-0.05, 0) is 67.8 Å². The molecule has 0 amide bonds. The van der Waals surface area contributed by atoms with Gasteiger partial charge >= 0.3 is 0 Å². The van der Waals surface area contributed by atoms with Crippen molar-refractivity contribution < 1.29 is 18.3 Å². The number of phenols is 1. The Morgan fingerprint density at radius 2 is 1.48 bits per heavy atom. The molecule has 0 aliphatic heterocycles. The van der Waals surface area contributed by atoms with Gasteiger partial charge in [-0.1, -0.05) is 13.8 Å². The Hall–Kier alpha value is -2.01. The first-order chi connectivity index (χ1) is 10.7. The zero-order chi connectivity index (χ0) is 17.2. The van der Waals surface area contributed by atoms with E-state index in [1.807, 2.05) is 27.7 Å². The van der Waals surface area contributed by atoms with Crippen LogP contribution < -0.4 is 4.74 Å². The molecule has 0 heterocycles. The van der Waals surface area contributed by atoms with Crippen molar-refractivity contribution in [1.82, 2.24) is 0 Å².